The summed E-state index contributed by atoms with van der Waals surface area (Å²) in [7, 11) is 1.95. The Labute approximate surface area is 129 Å². The maximum absolute atomic E-state index is 6.05. The molecule has 0 radical (unpaired) electrons. The van der Waals surface area contributed by atoms with E-state index in [1.807, 2.05) is 29.9 Å². The third-order valence-corrected chi connectivity index (χ3v) is 4.11. The van der Waals surface area contributed by atoms with Gasteiger partial charge in [-0.3, -0.25) is 4.68 Å². The average Bonchev–Trinajstić information content (AvgIpc) is 2.79. The molecule has 1 atom stereocenters. The van der Waals surface area contributed by atoms with E-state index in [9.17, 15) is 0 Å². The van der Waals surface area contributed by atoms with Crippen LogP contribution in [-0.4, -0.2) is 9.78 Å². The maximum atomic E-state index is 6.05. The fraction of sp³-hybridized carbons (Fsp3) is 0.400. The molecule has 20 heavy (non-hydrogen) atoms. The summed E-state index contributed by atoms with van der Waals surface area (Å²) in [6, 6.07) is 5.94. The van der Waals surface area contributed by atoms with E-state index in [2.05, 4.69) is 30.5 Å². The van der Waals surface area contributed by atoms with Gasteiger partial charge < -0.3 is 5.32 Å². The predicted molar refractivity (Wildman–Crippen MR) is 84.3 cm³/mol. The molecule has 1 heterocycles. The monoisotopic (exact) mass is 311 g/mol. The Bertz CT molecular complexity index is 593. The Morgan fingerprint density at radius 1 is 1.30 bits per heavy atom. The van der Waals surface area contributed by atoms with Crippen LogP contribution >= 0.6 is 23.2 Å². The van der Waals surface area contributed by atoms with E-state index in [1.165, 1.54) is 5.56 Å². The van der Waals surface area contributed by atoms with Crippen molar-refractivity contribution in [2.24, 2.45) is 7.05 Å². The average molecular weight is 312 g/mol. The highest BCUT2D eigenvalue weighted by molar-refractivity contribution is 6.42. The lowest BCUT2D eigenvalue weighted by Gasteiger charge is -2.14. The lowest BCUT2D eigenvalue weighted by Crippen LogP contribution is -2.18. The van der Waals surface area contributed by atoms with Crippen molar-refractivity contribution in [2.75, 3.05) is 0 Å². The number of aromatic nitrogens is 2. The van der Waals surface area contributed by atoms with Crippen LogP contribution in [0.2, 0.25) is 10.0 Å². The smallest absolute Gasteiger partial charge is 0.0666 e. The van der Waals surface area contributed by atoms with Gasteiger partial charge in [0.1, 0.15) is 0 Å². The largest absolute Gasteiger partial charge is 0.306 e. The first kappa shape index (κ1) is 15.4. The van der Waals surface area contributed by atoms with E-state index in [-0.39, 0.29) is 6.04 Å². The Morgan fingerprint density at radius 2 is 2.05 bits per heavy atom. The Kier molecular flexibility index (Phi) is 5.08. The van der Waals surface area contributed by atoms with Crippen LogP contribution in [0.3, 0.4) is 0 Å². The summed E-state index contributed by atoms with van der Waals surface area (Å²) >= 11 is 12.0. The molecule has 0 amide bonds. The summed E-state index contributed by atoms with van der Waals surface area (Å²) in [5.74, 6) is 0. The van der Waals surface area contributed by atoms with Crippen molar-refractivity contribution >= 4 is 23.2 Å². The molecule has 3 nitrogen and oxygen atoms in total. The number of rotatable bonds is 5. The van der Waals surface area contributed by atoms with Gasteiger partial charge in [0.05, 0.1) is 15.7 Å². The van der Waals surface area contributed by atoms with Crippen LogP contribution < -0.4 is 5.32 Å². The molecule has 0 bridgehead atoms. The van der Waals surface area contributed by atoms with Crippen molar-refractivity contribution in [3.05, 3.63) is 51.3 Å². The number of hydrogen-bond donors (Lipinski definition) is 1. The minimum Gasteiger partial charge on any atom is -0.306 e. The summed E-state index contributed by atoms with van der Waals surface area (Å²) in [5, 5.41) is 9.12. The van der Waals surface area contributed by atoms with Crippen molar-refractivity contribution in [1.82, 2.24) is 15.1 Å². The fourth-order valence-electron chi connectivity index (χ4n) is 2.19. The van der Waals surface area contributed by atoms with E-state index in [4.69, 9.17) is 23.2 Å². The van der Waals surface area contributed by atoms with E-state index in [0.29, 0.717) is 10.0 Å². The standard InChI is InChI=1S/C15H19Cl2N3/c1-4-15-12(9-20(3)19-15)8-18-10(2)11-5-6-13(16)14(17)7-11/h5-7,9-10,18H,4,8H2,1-3H3. The van der Waals surface area contributed by atoms with Crippen molar-refractivity contribution in [3.8, 4) is 0 Å². The number of aryl methyl sites for hydroxylation is 2. The van der Waals surface area contributed by atoms with Crippen molar-refractivity contribution in [3.63, 3.8) is 0 Å². The third kappa shape index (κ3) is 3.54. The molecular formula is C15H19Cl2N3. The molecule has 2 aromatic rings. The van der Waals surface area contributed by atoms with Crippen LogP contribution in [0.5, 0.6) is 0 Å². The van der Waals surface area contributed by atoms with Gasteiger partial charge in [-0.25, -0.2) is 0 Å². The molecule has 108 valence electrons. The quantitative estimate of drug-likeness (QED) is 0.899. The topological polar surface area (TPSA) is 29.9 Å². The molecule has 2 rings (SSSR count). The summed E-state index contributed by atoms with van der Waals surface area (Å²) < 4.78 is 1.86. The van der Waals surface area contributed by atoms with E-state index < -0.39 is 0 Å². The number of hydrogen-bond acceptors (Lipinski definition) is 2. The molecule has 1 unspecified atom stereocenters. The second kappa shape index (κ2) is 6.61. The first-order chi connectivity index (χ1) is 9.51. The fourth-order valence-corrected chi connectivity index (χ4v) is 2.50. The summed E-state index contributed by atoms with van der Waals surface area (Å²) in [4.78, 5) is 0. The maximum Gasteiger partial charge on any atom is 0.0666 e. The summed E-state index contributed by atoms with van der Waals surface area (Å²) in [6.07, 6.45) is 3.01. The molecular weight excluding hydrogens is 293 g/mol. The summed E-state index contributed by atoms with van der Waals surface area (Å²) in [6.45, 7) is 5.02. The Morgan fingerprint density at radius 3 is 2.70 bits per heavy atom. The lowest BCUT2D eigenvalue weighted by atomic mass is 10.1. The van der Waals surface area contributed by atoms with Gasteiger partial charge in [-0.1, -0.05) is 36.2 Å². The number of nitrogens with one attached hydrogen (secondary N) is 1. The van der Waals surface area contributed by atoms with Crippen molar-refractivity contribution < 1.29 is 0 Å². The number of halogens is 2. The van der Waals surface area contributed by atoms with Crippen LogP contribution in [0.15, 0.2) is 24.4 Å². The predicted octanol–water partition coefficient (Wildman–Crippen LogP) is 4.14. The van der Waals surface area contributed by atoms with Crippen molar-refractivity contribution in [2.45, 2.75) is 32.9 Å². The first-order valence-electron chi connectivity index (χ1n) is 6.71. The molecule has 1 aromatic heterocycles. The Balaban J connectivity index is 2.04. The summed E-state index contributed by atoms with van der Waals surface area (Å²) in [5.41, 5.74) is 3.50. The molecule has 0 spiro atoms. The zero-order valence-corrected chi connectivity index (χ0v) is 13.5. The van der Waals surface area contributed by atoms with Crippen LogP contribution in [0.4, 0.5) is 0 Å². The van der Waals surface area contributed by atoms with E-state index >= 15 is 0 Å². The molecule has 0 saturated heterocycles. The van der Waals surface area contributed by atoms with Gasteiger partial charge in [0.15, 0.2) is 0 Å². The van der Waals surface area contributed by atoms with Gasteiger partial charge in [0, 0.05) is 31.4 Å². The molecule has 0 aliphatic heterocycles. The van der Waals surface area contributed by atoms with Gasteiger partial charge in [0.25, 0.3) is 0 Å². The molecule has 0 aliphatic carbocycles. The number of benzene rings is 1. The third-order valence-electron chi connectivity index (χ3n) is 3.37. The second-order valence-electron chi connectivity index (χ2n) is 4.90. The molecule has 1 aromatic carbocycles. The van der Waals surface area contributed by atoms with Gasteiger partial charge in [0.2, 0.25) is 0 Å². The van der Waals surface area contributed by atoms with Crippen LogP contribution in [0.1, 0.15) is 36.7 Å². The van der Waals surface area contributed by atoms with Crippen LogP contribution in [-0.2, 0) is 20.0 Å². The minimum absolute atomic E-state index is 0.203. The molecule has 0 fully saturated rings. The highest BCUT2D eigenvalue weighted by atomic mass is 35.5. The highest BCUT2D eigenvalue weighted by Gasteiger charge is 2.10. The van der Waals surface area contributed by atoms with Gasteiger partial charge in [-0.2, -0.15) is 5.10 Å². The SMILES string of the molecule is CCc1nn(C)cc1CNC(C)c1ccc(Cl)c(Cl)c1. The molecule has 0 aliphatic rings. The molecule has 5 heteroatoms. The van der Waals surface area contributed by atoms with Gasteiger partial charge >= 0.3 is 0 Å². The Hall–Kier alpha value is -1.03. The van der Waals surface area contributed by atoms with Gasteiger partial charge in [-0.05, 0) is 31.0 Å². The number of nitrogens with zero attached hydrogens (tertiary/aromatic N) is 2. The lowest BCUT2D eigenvalue weighted by molar-refractivity contribution is 0.572. The van der Waals surface area contributed by atoms with Crippen molar-refractivity contribution in [1.29, 1.82) is 0 Å². The van der Waals surface area contributed by atoms with E-state index in [1.54, 1.807) is 0 Å². The van der Waals surface area contributed by atoms with E-state index in [0.717, 1.165) is 24.2 Å². The zero-order valence-electron chi connectivity index (χ0n) is 12.0. The normalized spacial score (nSPS) is 12.7. The van der Waals surface area contributed by atoms with Crippen LogP contribution in [0.25, 0.3) is 0 Å². The van der Waals surface area contributed by atoms with Gasteiger partial charge in [-0.15, -0.1) is 0 Å². The highest BCUT2D eigenvalue weighted by Crippen LogP contribution is 2.25. The second-order valence-corrected chi connectivity index (χ2v) is 5.72. The first-order valence-corrected chi connectivity index (χ1v) is 7.46. The van der Waals surface area contributed by atoms with Crippen LogP contribution in [0, 0.1) is 0 Å². The molecule has 0 saturated carbocycles. The zero-order chi connectivity index (χ0) is 14.7. The molecule has 1 N–H and O–H groups in total. The minimum atomic E-state index is 0.203.